The molecular weight excluding hydrogens is 472 g/mol. The molecule has 1 spiro atoms. The van der Waals surface area contributed by atoms with E-state index in [4.69, 9.17) is 16.2 Å². The fourth-order valence-corrected chi connectivity index (χ4v) is 6.45. The van der Waals surface area contributed by atoms with Gasteiger partial charge in [-0.05, 0) is 24.0 Å². The monoisotopic (exact) mass is 491 g/mol. The Morgan fingerprint density at radius 2 is 2.00 bits per heavy atom. The Morgan fingerprint density at radius 3 is 2.74 bits per heavy atom. The predicted octanol–water partition coefficient (Wildman–Crippen LogP) is 3.60. The summed E-state index contributed by atoms with van der Waals surface area (Å²) in [6.45, 7) is 1.79. The van der Waals surface area contributed by atoms with Crippen molar-refractivity contribution in [2.45, 2.75) is 32.1 Å². The molecule has 0 radical (unpaired) electrons. The molecule has 0 unspecified atom stereocenters. The van der Waals surface area contributed by atoms with Gasteiger partial charge in [0.1, 0.15) is 16.6 Å². The van der Waals surface area contributed by atoms with E-state index in [9.17, 15) is 9.65 Å². The quantitative estimate of drug-likeness (QED) is 0.436. The number of benzene rings is 1. The number of hydrogen-bond acceptors (Lipinski definition) is 9. The lowest BCUT2D eigenvalue weighted by atomic mass is 9.94. The maximum atomic E-state index is 16.4. The number of thiophene rings is 1. The molecule has 3 aliphatic rings. The molecular formula is C24H19F2N7OS. The number of pyridine rings is 1. The lowest BCUT2D eigenvalue weighted by molar-refractivity contribution is 0.135. The Balaban J connectivity index is 1.49. The van der Waals surface area contributed by atoms with E-state index in [1.807, 2.05) is 11.0 Å². The van der Waals surface area contributed by atoms with Crippen LogP contribution in [-0.2, 0) is 18.0 Å². The van der Waals surface area contributed by atoms with E-state index in [0.717, 1.165) is 42.5 Å². The van der Waals surface area contributed by atoms with Crippen molar-refractivity contribution in [2.75, 3.05) is 23.7 Å². The minimum Gasteiger partial charge on any atom is -0.389 e. The first-order chi connectivity index (χ1) is 16.9. The number of halogens is 2. The van der Waals surface area contributed by atoms with E-state index in [0.29, 0.717) is 23.4 Å². The number of rotatable bonds is 2. The van der Waals surface area contributed by atoms with Crippen molar-refractivity contribution in [2.24, 2.45) is 11.1 Å². The van der Waals surface area contributed by atoms with Crippen LogP contribution < -0.4 is 16.4 Å². The van der Waals surface area contributed by atoms with E-state index in [-0.39, 0.29) is 62.1 Å². The molecule has 11 heteroatoms. The van der Waals surface area contributed by atoms with Gasteiger partial charge in [0.05, 0.1) is 35.4 Å². The highest BCUT2D eigenvalue weighted by atomic mass is 32.1. The molecule has 1 saturated heterocycles. The van der Waals surface area contributed by atoms with E-state index >= 15 is 4.39 Å². The van der Waals surface area contributed by atoms with Gasteiger partial charge in [0.2, 0.25) is 5.95 Å². The Kier molecular flexibility index (Phi) is 4.20. The highest BCUT2D eigenvalue weighted by molar-refractivity contribution is 7.23. The molecule has 5 heterocycles. The van der Waals surface area contributed by atoms with Crippen LogP contribution in [0.5, 0.6) is 0 Å². The smallest absolute Gasteiger partial charge is 0.226 e. The van der Waals surface area contributed by atoms with Crippen LogP contribution in [-0.4, -0.2) is 34.1 Å². The number of nitriles is 1. The molecule has 2 fully saturated rings. The molecule has 1 saturated carbocycles. The summed E-state index contributed by atoms with van der Waals surface area (Å²) in [5.74, 6) is -0.790. The van der Waals surface area contributed by atoms with Crippen molar-refractivity contribution in [1.29, 1.82) is 5.26 Å². The molecule has 1 aromatic carbocycles. The summed E-state index contributed by atoms with van der Waals surface area (Å²) >= 11 is 0.949. The van der Waals surface area contributed by atoms with Crippen molar-refractivity contribution in [3.8, 4) is 17.3 Å². The van der Waals surface area contributed by atoms with Crippen LogP contribution in [0.1, 0.15) is 29.5 Å². The van der Waals surface area contributed by atoms with Crippen LogP contribution in [0.15, 0.2) is 12.4 Å². The Labute approximate surface area is 202 Å². The minimum absolute atomic E-state index is 0.0424. The molecule has 35 heavy (non-hydrogen) atoms. The number of anilines is 2. The Bertz CT molecular complexity index is 1620. The molecule has 1 aliphatic carbocycles. The van der Waals surface area contributed by atoms with Gasteiger partial charge in [0, 0.05) is 47.1 Å². The van der Waals surface area contributed by atoms with Gasteiger partial charge in [-0.2, -0.15) is 5.26 Å². The summed E-state index contributed by atoms with van der Waals surface area (Å²) in [6, 6.07) is 2.07. The van der Waals surface area contributed by atoms with Crippen molar-refractivity contribution >= 4 is 43.3 Å². The molecule has 176 valence electrons. The second-order valence-corrected chi connectivity index (χ2v) is 10.6. The largest absolute Gasteiger partial charge is 0.389 e. The summed E-state index contributed by atoms with van der Waals surface area (Å²) in [7, 11) is 0. The zero-order valence-electron chi connectivity index (χ0n) is 18.4. The maximum absolute atomic E-state index is 16.4. The van der Waals surface area contributed by atoms with Crippen LogP contribution in [0.3, 0.4) is 0 Å². The van der Waals surface area contributed by atoms with Gasteiger partial charge in [-0.3, -0.25) is 4.98 Å². The first-order valence-corrected chi connectivity index (χ1v) is 12.1. The van der Waals surface area contributed by atoms with E-state index in [1.54, 1.807) is 6.20 Å². The highest BCUT2D eigenvalue weighted by Crippen LogP contribution is 2.52. The van der Waals surface area contributed by atoms with Crippen LogP contribution >= 0.6 is 11.3 Å². The minimum atomic E-state index is -0.611. The predicted molar refractivity (Wildman–Crippen MR) is 128 cm³/mol. The van der Waals surface area contributed by atoms with E-state index < -0.39 is 11.6 Å². The van der Waals surface area contributed by atoms with Gasteiger partial charge in [-0.25, -0.2) is 18.7 Å². The van der Waals surface area contributed by atoms with Crippen molar-refractivity contribution in [3.63, 3.8) is 0 Å². The molecule has 3 aromatic heterocycles. The summed E-state index contributed by atoms with van der Waals surface area (Å²) in [5.41, 5.74) is 14.4. The summed E-state index contributed by atoms with van der Waals surface area (Å²) in [6.07, 6.45) is 4.84. The first kappa shape index (κ1) is 20.9. The topological polar surface area (TPSA) is 127 Å². The number of nitrogen functional groups attached to an aromatic ring is 1. The highest BCUT2D eigenvalue weighted by Gasteiger charge is 2.54. The van der Waals surface area contributed by atoms with E-state index in [2.05, 4.69) is 15.0 Å². The lowest BCUT2D eigenvalue weighted by Gasteiger charge is -2.18. The third kappa shape index (κ3) is 2.78. The molecule has 4 N–H and O–H groups in total. The molecule has 4 aromatic rings. The van der Waals surface area contributed by atoms with Gasteiger partial charge in [0.15, 0.2) is 11.6 Å². The van der Waals surface area contributed by atoms with Crippen molar-refractivity contribution < 1.29 is 13.5 Å². The summed E-state index contributed by atoms with van der Waals surface area (Å²) in [5, 5.41) is 10.6. The standard InChI is InChI=1S/C24H19F2N7OS/c25-14-5-30-20(17-10(3-27)22(29)35-21(14)17)16-13-8-34-7-12(13)11-4-31-23(32-19(11)18(16)26)33-6-15(28)24(9-33)1-2-24/h4-5,15H,1-2,6-9,28-29H2/t15-/m1/s1. The van der Waals surface area contributed by atoms with Crippen molar-refractivity contribution in [1.82, 2.24) is 15.0 Å². The molecule has 2 aliphatic heterocycles. The third-order valence-corrected chi connectivity index (χ3v) is 8.64. The molecule has 8 nitrogen and oxygen atoms in total. The van der Waals surface area contributed by atoms with Crippen LogP contribution in [0.2, 0.25) is 0 Å². The lowest BCUT2D eigenvalue weighted by Crippen LogP contribution is -2.30. The number of nitrogens with two attached hydrogens (primary N) is 2. The fourth-order valence-electron chi connectivity index (χ4n) is 5.53. The average Bonchev–Trinajstić information content (AvgIpc) is 3.17. The van der Waals surface area contributed by atoms with Crippen molar-refractivity contribution in [3.05, 3.63) is 40.7 Å². The van der Waals surface area contributed by atoms with Gasteiger partial charge >= 0.3 is 0 Å². The molecule has 0 bridgehead atoms. The molecule has 1 atom stereocenters. The van der Waals surface area contributed by atoms with Gasteiger partial charge in [0.25, 0.3) is 0 Å². The summed E-state index contributed by atoms with van der Waals surface area (Å²) < 4.78 is 36.8. The molecule has 0 amide bonds. The number of nitrogens with zero attached hydrogens (tertiary/aromatic N) is 5. The second-order valence-electron chi connectivity index (χ2n) is 9.53. The zero-order valence-corrected chi connectivity index (χ0v) is 19.3. The normalized spacial score (nSPS) is 20.2. The maximum Gasteiger partial charge on any atom is 0.226 e. The molecule has 7 rings (SSSR count). The van der Waals surface area contributed by atoms with Gasteiger partial charge in [-0.1, -0.05) is 0 Å². The van der Waals surface area contributed by atoms with E-state index in [1.165, 1.54) is 0 Å². The van der Waals surface area contributed by atoms with Crippen LogP contribution in [0.25, 0.3) is 32.2 Å². The van der Waals surface area contributed by atoms with Gasteiger partial charge in [-0.15, -0.1) is 11.3 Å². The van der Waals surface area contributed by atoms with Crippen LogP contribution in [0, 0.1) is 28.4 Å². The average molecular weight is 492 g/mol. The Hall–Kier alpha value is -3.46. The Morgan fingerprint density at radius 1 is 1.20 bits per heavy atom. The second kappa shape index (κ2) is 7.04. The number of fused-ring (bicyclic) bond motifs is 4. The first-order valence-electron chi connectivity index (χ1n) is 11.3. The fraction of sp³-hybridized carbons (Fsp3) is 0.333. The van der Waals surface area contributed by atoms with Crippen LogP contribution in [0.4, 0.5) is 19.7 Å². The summed E-state index contributed by atoms with van der Waals surface area (Å²) in [4.78, 5) is 15.4. The third-order valence-electron chi connectivity index (χ3n) is 7.62. The number of ether oxygens (including phenoxy) is 1. The zero-order chi connectivity index (χ0) is 24.1. The number of hydrogen-bond donors (Lipinski definition) is 2. The SMILES string of the molecule is N#Cc1c(N)sc2c(F)cnc(-c3c4c(c5cnc(N6C[C@@H](N)C7(CC7)C6)nc5c3F)COC4)c12. The van der Waals surface area contributed by atoms with Gasteiger partial charge < -0.3 is 21.1 Å². The number of aromatic nitrogens is 3.